The van der Waals surface area contributed by atoms with Crippen LogP contribution >= 0.6 is 11.8 Å². The molecule has 3 heteroatoms. The average Bonchev–Trinajstić information content (AvgIpc) is 2.34. The Bertz CT molecular complexity index is 110. The molecule has 0 radical (unpaired) electrons. The van der Waals surface area contributed by atoms with Gasteiger partial charge in [0, 0.05) is 18.9 Å². The number of methoxy groups -OCH3 is 1. The molecule has 1 heterocycles. The second-order valence-corrected chi connectivity index (χ2v) is 4.30. The Hall–Kier alpha value is 0.270. The molecule has 0 spiro atoms. The molecule has 0 amide bonds. The standard InChI is InChI=1S/C7H15NOS/c1-5-4-8-7(10-5)6(2)9-3/h5-8H,4H2,1-3H3. The third-order valence-electron chi connectivity index (χ3n) is 1.78. The summed E-state index contributed by atoms with van der Waals surface area (Å²) in [5.74, 6) is 0. The van der Waals surface area contributed by atoms with Crippen molar-refractivity contribution in [2.75, 3.05) is 13.7 Å². The Kier molecular flexibility index (Phi) is 3.01. The van der Waals surface area contributed by atoms with Crippen LogP contribution in [0, 0.1) is 0 Å². The first kappa shape index (κ1) is 8.37. The van der Waals surface area contributed by atoms with Gasteiger partial charge in [-0.05, 0) is 6.92 Å². The van der Waals surface area contributed by atoms with E-state index in [1.165, 1.54) is 0 Å². The predicted octanol–water partition coefficient (Wildman–Crippen LogP) is 1.07. The summed E-state index contributed by atoms with van der Waals surface area (Å²) < 4.78 is 5.20. The fourth-order valence-corrected chi connectivity index (χ4v) is 2.25. The van der Waals surface area contributed by atoms with E-state index in [2.05, 4.69) is 19.2 Å². The molecule has 0 bridgehead atoms. The van der Waals surface area contributed by atoms with Gasteiger partial charge >= 0.3 is 0 Å². The van der Waals surface area contributed by atoms with Crippen LogP contribution in [0.2, 0.25) is 0 Å². The topological polar surface area (TPSA) is 21.3 Å². The number of thioether (sulfide) groups is 1. The molecular formula is C7H15NOS. The van der Waals surface area contributed by atoms with Crippen molar-refractivity contribution >= 4 is 11.8 Å². The highest BCUT2D eigenvalue weighted by molar-refractivity contribution is 8.00. The van der Waals surface area contributed by atoms with Gasteiger partial charge in [0.15, 0.2) is 0 Å². The highest BCUT2D eigenvalue weighted by atomic mass is 32.2. The predicted molar refractivity (Wildman–Crippen MR) is 45.3 cm³/mol. The Morgan fingerprint density at radius 1 is 1.70 bits per heavy atom. The van der Waals surface area contributed by atoms with E-state index in [9.17, 15) is 0 Å². The van der Waals surface area contributed by atoms with E-state index in [1.54, 1.807) is 7.11 Å². The third kappa shape index (κ3) is 1.87. The lowest BCUT2D eigenvalue weighted by Crippen LogP contribution is -2.31. The second-order valence-electron chi connectivity index (χ2n) is 2.72. The highest BCUT2D eigenvalue weighted by Gasteiger charge is 2.25. The molecule has 1 saturated heterocycles. The maximum absolute atomic E-state index is 5.20. The molecule has 3 atom stereocenters. The van der Waals surface area contributed by atoms with Crippen LogP contribution in [0.3, 0.4) is 0 Å². The minimum absolute atomic E-state index is 0.329. The zero-order valence-electron chi connectivity index (χ0n) is 6.76. The van der Waals surface area contributed by atoms with Crippen LogP contribution in [0.4, 0.5) is 0 Å². The van der Waals surface area contributed by atoms with Crippen molar-refractivity contribution < 1.29 is 4.74 Å². The van der Waals surface area contributed by atoms with Gasteiger partial charge < -0.3 is 10.1 Å². The summed E-state index contributed by atoms with van der Waals surface area (Å²) in [5, 5.41) is 4.63. The quantitative estimate of drug-likeness (QED) is 0.654. The molecule has 1 aliphatic rings. The van der Waals surface area contributed by atoms with E-state index in [4.69, 9.17) is 4.74 Å². The molecule has 0 aliphatic carbocycles. The Balaban J connectivity index is 2.29. The first-order chi connectivity index (χ1) is 4.74. The van der Waals surface area contributed by atoms with E-state index >= 15 is 0 Å². The SMILES string of the molecule is COC(C)C1NCC(C)S1. The summed E-state index contributed by atoms with van der Waals surface area (Å²) >= 11 is 1.96. The largest absolute Gasteiger partial charge is 0.379 e. The van der Waals surface area contributed by atoms with Crippen LogP contribution in [0.15, 0.2) is 0 Å². The number of ether oxygens (including phenoxy) is 1. The van der Waals surface area contributed by atoms with Gasteiger partial charge in [-0.3, -0.25) is 0 Å². The van der Waals surface area contributed by atoms with E-state index in [0.29, 0.717) is 11.5 Å². The van der Waals surface area contributed by atoms with Gasteiger partial charge in [-0.1, -0.05) is 6.92 Å². The van der Waals surface area contributed by atoms with E-state index in [1.807, 2.05) is 11.8 Å². The van der Waals surface area contributed by atoms with Crippen LogP contribution in [0.25, 0.3) is 0 Å². The van der Waals surface area contributed by atoms with Gasteiger partial charge in [0.05, 0.1) is 11.5 Å². The first-order valence-electron chi connectivity index (χ1n) is 3.65. The van der Waals surface area contributed by atoms with Crippen LogP contribution in [0.1, 0.15) is 13.8 Å². The van der Waals surface area contributed by atoms with Gasteiger partial charge in [0.25, 0.3) is 0 Å². The van der Waals surface area contributed by atoms with Crippen molar-refractivity contribution in [2.45, 2.75) is 30.6 Å². The molecule has 1 rings (SSSR count). The summed E-state index contributed by atoms with van der Waals surface area (Å²) in [6.07, 6.45) is 0.329. The highest BCUT2D eigenvalue weighted by Crippen LogP contribution is 2.24. The van der Waals surface area contributed by atoms with Crippen molar-refractivity contribution in [3.63, 3.8) is 0 Å². The van der Waals surface area contributed by atoms with Crippen molar-refractivity contribution in [1.82, 2.24) is 5.32 Å². The minimum atomic E-state index is 0.329. The van der Waals surface area contributed by atoms with Gasteiger partial charge in [-0.25, -0.2) is 0 Å². The smallest absolute Gasteiger partial charge is 0.0798 e. The maximum atomic E-state index is 5.20. The molecule has 10 heavy (non-hydrogen) atoms. The Morgan fingerprint density at radius 2 is 2.40 bits per heavy atom. The fourth-order valence-electron chi connectivity index (χ4n) is 1.03. The summed E-state index contributed by atoms with van der Waals surface area (Å²) in [7, 11) is 1.76. The molecular weight excluding hydrogens is 146 g/mol. The minimum Gasteiger partial charge on any atom is -0.379 e. The lowest BCUT2D eigenvalue weighted by atomic mass is 10.4. The van der Waals surface area contributed by atoms with Gasteiger partial charge in [0.1, 0.15) is 0 Å². The van der Waals surface area contributed by atoms with Crippen LogP contribution in [-0.2, 0) is 4.74 Å². The van der Waals surface area contributed by atoms with Crippen molar-refractivity contribution in [3.8, 4) is 0 Å². The second kappa shape index (κ2) is 3.60. The first-order valence-corrected chi connectivity index (χ1v) is 4.60. The molecule has 1 aliphatic heterocycles. The molecule has 2 nitrogen and oxygen atoms in total. The van der Waals surface area contributed by atoms with Crippen LogP contribution in [0.5, 0.6) is 0 Å². The molecule has 0 aromatic rings. The van der Waals surface area contributed by atoms with E-state index in [0.717, 1.165) is 11.8 Å². The average molecular weight is 161 g/mol. The zero-order valence-corrected chi connectivity index (χ0v) is 7.57. The normalized spacial score (nSPS) is 36.3. The molecule has 0 saturated carbocycles. The lowest BCUT2D eigenvalue weighted by molar-refractivity contribution is 0.110. The van der Waals surface area contributed by atoms with Crippen LogP contribution in [-0.4, -0.2) is 30.4 Å². The summed E-state index contributed by atoms with van der Waals surface area (Å²) in [4.78, 5) is 0. The molecule has 60 valence electrons. The summed E-state index contributed by atoms with van der Waals surface area (Å²) in [6, 6.07) is 0. The van der Waals surface area contributed by atoms with E-state index < -0.39 is 0 Å². The molecule has 1 N–H and O–H groups in total. The Labute approximate surface area is 66.7 Å². The molecule has 3 unspecified atom stereocenters. The van der Waals surface area contributed by atoms with Crippen LogP contribution < -0.4 is 5.32 Å². The third-order valence-corrected chi connectivity index (χ3v) is 3.26. The van der Waals surface area contributed by atoms with Gasteiger partial charge in [0.2, 0.25) is 0 Å². The summed E-state index contributed by atoms with van der Waals surface area (Å²) in [6.45, 7) is 5.45. The molecule has 1 fully saturated rings. The van der Waals surface area contributed by atoms with Gasteiger partial charge in [-0.15, -0.1) is 11.8 Å². The summed E-state index contributed by atoms with van der Waals surface area (Å²) in [5.41, 5.74) is 0. The van der Waals surface area contributed by atoms with Crippen molar-refractivity contribution in [2.24, 2.45) is 0 Å². The number of hydrogen-bond acceptors (Lipinski definition) is 3. The molecule has 0 aromatic carbocycles. The maximum Gasteiger partial charge on any atom is 0.0798 e. The van der Waals surface area contributed by atoms with Crippen molar-refractivity contribution in [1.29, 1.82) is 0 Å². The number of hydrogen-bond donors (Lipinski definition) is 1. The lowest BCUT2D eigenvalue weighted by Gasteiger charge is -2.16. The van der Waals surface area contributed by atoms with Crippen molar-refractivity contribution in [3.05, 3.63) is 0 Å². The number of rotatable bonds is 2. The molecule has 0 aromatic heterocycles. The Morgan fingerprint density at radius 3 is 2.80 bits per heavy atom. The fraction of sp³-hybridized carbons (Fsp3) is 1.00. The monoisotopic (exact) mass is 161 g/mol. The number of nitrogens with one attached hydrogen (secondary N) is 1. The zero-order chi connectivity index (χ0) is 7.56. The van der Waals surface area contributed by atoms with E-state index in [-0.39, 0.29) is 0 Å². The van der Waals surface area contributed by atoms with Gasteiger partial charge in [-0.2, -0.15) is 0 Å².